The number of para-hydroxylation sites is 1. The zero-order valence-electron chi connectivity index (χ0n) is 19.2. The van der Waals surface area contributed by atoms with Crippen LogP contribution in [0.2, 0.25) is 0 Å². The standard InChI is InChI=1S/C25H26N4O5S/c1-16-14-17(20-6-2-3-7-21(20)26-16)15-34-18-9-11-19(12-10-18)35(32,33)29-22-8-4-5-13-25(22)23(30)27-24(31)28-25/h2-3,6-7,9-12,14,22,29H,4-5,8,13,15H2,1H3,(H2,27,28,30,31)/t22-,25+/m0/s1. The maximum atomic E-state index is 13.1. The third-order valence-corrected chi connectivity index (χ3v) is 8.12. The number of aromatic nitrogens is 1. The SMILES string of the molecule is Cc1cc(COc2ccc(S(=O)(=O)N[C@H]3CCCC[C@@]34NC(=O)NC4=O)cc2)c2ccccc2n1. The van der Waals surface area contributed by atoms with Crippen LogP contribution in [-0.4, -0.2) is 36.9 Å². The lowest BCUT2D eigenvalue weighted by molar-refractivity contribution is -0.125. The van der Waals surface area contributed by atoms with Crippen LogP contribution in [0.3, 0.4) is 0 Å². The van der Waals surface area contributed by atoms with Crippen LogP contribution in [0.5, 0.6) is 5.75 Å². The number of aryl methyl sites for hydroxylation is 1. The van der Waals surface area contributed by atoms with Crippen molar-refractivity contribution in [1.29, 1.82) is 0 Å². The van der Waals surface area contributed by atoms with E-state index in [4.69, 9.17) is 4.74 Å². The Morgan fingerprint density at radius 1 is 1.11 bits per heavy atom. The molecule has 2 atom stereocenters. The maximum absolute atomic E-state index is 13.1. The molecular formula is C25H26N4O5S. The fraction of sp³-hybridized carbons (Fsp3) is 0.320. The van der Waals surface area contributed by atoms with Crippen LogP contribution >= 0.6 is 0 Å². The van der Waals surface area contributed by atoms with Gasteiger partial charge in [-0.05, 0) is 56.2 Å². The van der Waals surface area contributed by atoms with Gasteiger partial charge in [-0.3, -0.25) is 15.1 Å². The zero-order valence-corrected chi connectivity index (χ0v) is 20.0. The van der Waals surface area contributed by atoms with E-state index in [0.29, 0.717) is 25.2 Å². The number of imide groups is 1. The summed E-state index contributed by atoms with van der Waals surface area (Å²) in [7, 11) is -3.93. The van der Waals surface area contributed by atoms with Gasteiger partial charge in [0, 0.05) is 16.6 Å². The molecule has 1 saturated heterocycles. The number of sulfonamides is 1. The molecule has 3 N–H and O–H groups in total. The molecule has 3 amide bonds. The summed E-state index contributed by atoms with van der Waals surface area (Å²) in [6.07, 6.45) is 2.32. The highest BCUT2D eigenvalue weighted by Gasteiger charge is 2.53. The molecule has 1 aliphatic heterocycles. The first-order valence-electron chi connectivity index (χ1n) is 11.5. The van der Waals surface area contributed by atoms with Gasteiger partial charge in [0.2, 0.25) is 10.0 Å². The summed E-state index contributed by atoms with van der Waals surface area (Å²) in [6.45, 7) is 2.24. The van der Waals surface area contributed by atoms with Crippen molar-refractivity contribution < 1.29 is 22.7 Å². The van der Waals surface area contributed by atoms with Crippen LogP contribution in [-0.2, 0) is 21.4 Å². The molecule has 0 unspecified atom stereocenters. The monoisotopic (exact) mass is 494 g/mol. The average Bonchev–Trinajstić information content (AvgIpc) is 3.12. The first-order valence-corrected chi connectivity index (χ1v) is 13.0. The normalized spacial score (nSPS) is 22.3. The van der Waals surface area contributed by atoms with Crippen molar-refractivity contribution in [3.8, 4) is 5.75 Å². The number of amides is 3. The molecule has 2 heterocycles. The molecule has 10 heteroatoms. The number of ether oxygens (including phenoxy) is 1. The highest BCUT2D eigenvalue weighted by atomic mass is 32.2. The van der Waals surface area contributed by atoms with Crippen molar-refractivity contribution in [3.63, 3.8) is 0 Å². The molecule has 3 aromatic rings. The number of hydrogen-bond acceptors (Lipinski definition) is 6. The van der Waals surface area contributed by atoms with Crippen molar-refractivity contribution in [2.45, 2.75) is 55.7 Å². The number of nitrogens with one attached hydrogen (secondary N) is 3. The van der Waals surface area contributed by atoms with Crippen LogP contribution < -0.4 is 20.1 Å². The molecule has 0 bridgehead atoms. The zero-order chi connectivity index (χ0) is 24.6. The van der Waals surface area contributed by atoms with Crippen LogP contribution in [0.25, 0.3) is 10.9 Å². The largest absolute Gasteiger partial charge is 0.489 e. The second kappa shape index (κ2) is 8.94. The lowest BCUT2D eigenvalue weighted by atomic mass is 9.78. The number of benzene rings is 2. The Bertz CT molecular complexity index is 1410. The summed E-state index contributed by atoms with van der Waals surface area (Å²) < 4.78 is 34.8. The van der Waals surface area contributed by atoms with Gasteiger partial charge in [0.25, 0.3) is 5.91 Å². The fourth-order valence-corrected chi connectivity index (χ4v) is 6.23. The van der Waals surface area contributed by atoms with E-state index in [9.17, 15) is 18.0 Å². The minimum atomic E-state index is -3.93. The lowest BCUT2D eigenvalue weighted by Gasteiger charge is -2.38. The molecule has 35 heavy (non-hydrogen) atoms. The summed E-state index contributed by atoms with van der Waals surface area (Å²) in [6, 6.07) is 14.6. The lowest BCUT2D eigenvalue weighted by Crippen LogP contribution is -2.63. The third-order valence-electron chi connectivity index (χ3n) is 6.63. The van der Waals surface area contributed by atoms with E-state index in [1.807, 2.05) is 37.3 Å². The Balaban J connectivity index is 1.30. The van der Waals surface area contributed by atoms with Crippen molar-refractivity contribution in [1.82, 2.24) is 20.3 Å². The van der Waals surface area contributed by atoms with Gasteiger partial charge < -0.3 is 10.1 Å². The van der Waals surface area contributed by atoms with Gasteiger partial charge in [0.1, 0.15) is 17.9 Å². The Kier molecular flexibility index (Phi) is 5.94. The highest BCUT2D eigenvalue weighted by Crippen LogP contribution is 2.32. The van der Waals surface area contributed by atoms with E-state index in [0.717, 1.165) is 35.0 Å². The molecular weight excluding hydrogens is 468 g/mol. The number of pyridine rings is 1. The molecule has 5 rings (SSSR count). The highest BCUT2D eigenvalue weighted by molar-refractivity contribution is 7.89. The number of carbonyl (C=O) groups excluding carboxylic acids is 2. The maximum Gasteiger partial charge on any atom is 0.322 e. The molecule has 1 aliphatic carbocycles. The van der Waals surface area contributed by atoms with E-state index in [1.165, 1.54) is 12.1 Å². The summed E-state index contributed by atoms with van der Waals surface area (Å²) in [4.78, 5) is 28.8. The van der Waals surface area contributed by atoms with Gasteiger partial charge in [-0.25, -0.2) is 17.9 Å². The van der Waals surface area contributed by atoms with Gasteiger partial charge in [0.15, 0.2) is 0 Å². The Morgan fingerprint density at radius 3 is 2.63 bits per heavy atom. The Labute approximate surface area is 203 Å². The molecule has 1 aromatic heterocycles. The van der Waals surface area contributed by atoms with E-state index in [1.54, 1.807) is 12.1 Å². The fourth-order valence-electron chi connectivity index (χ4n) is 4.90. The summed E-state index contributed by atoms with van der Waals surface area (Å²) in [5, 5.41) is 5.89. The summed E-state index contributed by atoms with van der Waals surface area (Å²) in [5.74, 6) is 0.0385. The Morgan fingerprint density at radius 2 is 1.89 bits per heavy atom. The van der Waals surface area contributed by atoms with Crippen molar-refractivity contribution in [3.05, 3.63) is 65.9 Å². The van der Waals surface area contributed by atoms with E-state index in [2.05, 4.69) is 20.3 Å². The van der Waals surface area contributed by atoms with Crippen molar-refractivity contribution in [2.24, 2.45) is 0 Å². The first-order chi connectivity index (χ1) is 16.8. The predicted molar refractivity (Wildman–Crippen MR) is 129 cm³/mol. The average molecular weight is 495 g/mol. The van der Waals surface area contributed by atoms with Crippen LogP contribution in [0.1, 0.15) is 36.9 Å². The topological polar surface area (TPSA) is 126 Å². The second-order valence-corrected chi connectivity index (χ2v) is 10.7. The summed E-state index contributed by atoms with van der Waals surface area (Å²) in [5.41, 5.74) is 1.52. The van der Waals surface area contributed by atoms with Crippen molar-refractivity contribution >= 4 is 32.9 Å². The second-order valence-electron chi connectivity index (χ2n) is 9.00. The molecule has 182 valence electrons. The molecule has 1 spiro atoms. The molecule has 2 aliphatic rings. The molecule has 2 fully saturated rings. The molecule has 2 aromatic carbocycles. The molecule has 1 saturated carbocycles. The van der Waals surface area contributed by atoms with Gasteiger partial charge in [-0.1, -0.05) is 31.0 Å². The minimum Gasteiger partial charge on any atom is -0.489 e. The van der Waals surface area contributed by atoms with E-state index >= 15 is 0 Å². The van der Waals surface area contributed by atoms with Gasteiger partial charge >= 0.3 is 6.03 Å². The third kappa shape index (κ3) is 4.46. The van der Waals surface area contributed by atoms with E-state index in [-0.39, 0.29) is 4.90 Å². The van der Waals surface area contributed by atoms with Crippen molar-refractivity contribution in [2.75, 3.05) is 0 Å². The first kappa shape index (κ1) is 23.3. The van der Waals surface area contributed by atoms with Crippen LogP contribution in [0.15, 0.2) is 59.5 Å². The quantitative estimate of drug-likeness (QED) is 0.453. The number of carbonyl (C=O) groups is 2. The van der Waals surface area contributed by atoms with Crippen LogP contribution in [0, 0.1) is 6.92 Å². The van der Waals surface area contributed by atoms with Crippen LogP contribution in [0.4, 0.5) is 4.79 Å². The van der Waals surface area contributed by atoms with Gasteiger partial charge in [-0.2, -0.15) is 0 Å². The Hall–Kier alpha value is -3.50. The van der Waals surface area contributed by atoms with E-state index < -0.39 is 33.5 Å². The molecule has 0 radical (unpaired) electrons. The number of urea groups is 1. The number of hydrogen-bond donors (Lipinski definition) is 3. The van der Waals surface area contributed by atoms with Gasteiger partial charge in [-0.15, -0.1) is 0 Å². The van der Waals surface area contributed by atoms with Gasteiger partial charge in [0.05, 0.1) is 16.5 Å². The summed E-state index contributed by atoms with van der Waals surface area (Å²) >= 11 is 0. The molecule has 9 nitrogen and oxygen atoms in total. The number of nitrogens with zero attached hydrogens (tertiary/aromatic N) is 1. The predicted octanol–water partition coefficient (Wildman–Crippen LogP) is 2.92. The number of rotatable bonds is 6. The minimum absolute atomic E-state index is 0.0560. The number of fused-ring (bicyclic) bond motifs is 1. The smallest absolute Gasteiger partial charge is 0.322 e.